The lowest BCUT2D eigenvalue weighted by Crippen LogP contribution is -1.90. The summed E-state index contributed by atoms with van der Waals surface area (Å²) in [6, 6.07) is 5.55. The zero-order chi connectivity index (χ0) is 11.3. The lowest BCUT2D eigenvalue weighted by atomic mass is 10.1. The summed E-state index contributed by atoms with van der Waals surface area (Å²) in [5.41, 5.74) is 1.84. The van der Waals surface area contributed by atoms with Crippen LogP contribution in [-0.2, 0) is 10.1 Å². The maximum atomic E-state index is 10.3. The van der Waals surface area contributed by atoms with Gasteiger partial charge in [0.2, 0.25) is 0 Å². The van der Waals surface area contributed by atoms with Crippen molar-refractivity contribution in [1.29, 1.82) is 0 Å². The third kappa shape index (κ3) is 3.40. The van der Waals surface area contributed by atoms with Crippen molar-refractivity contribution in [2.45, 2.75) is 5.33 Å². The Labute approximate surface area is 96.5 Å². The summed E-state index contributed by atoms with van der Waals surface area (Å²) in [4.78, 5) is 10.3. The Hall–Kier alpha value is -1.29. The Morgan fingerprint density at radius 1 is 1.60 bits per heavy atom. The molecule has 0 saturated heterocycles. The molecule has 0 saturated carbocycles. The van der Waals surface area contributed by atoms with Crippen molar-refractivity contribution < 1.29 is 14.6 Å². The smallest absolute Gasteiger partial charge is 0.328 e. The van der Waals surface area contributed by atoms with Gasteiger partial charge in [-0.25, -0.2) is 4.79 Å². The quantitative estimate of drug-likeness (QED) is 0.676. The van der Waals surface area contributed by atoms with Crippen LogP contribution < -0.4 is 4.74 Å². The summed E-state index contributed by atoms with van der Waals surface area (Å²) in [6.45, 7) is 0. The maximum absolute atomic E-state index is 10.3. The molecular formula is C11H11BrO3. The Morgan fingerprint density at radius 3 is 2.87 bits per heavy atom. The van der Waals surface area contributed by atoms with Crippen LogP contribution in [0.3, 0.4) is 0 Å². The van der Waals surface area contributed by atoms with Crippen molar-refractivity contribution in [3.63, 3.8) is 0 Å². The molecule has 80 valence electrons. The van der Waals surface area contributed by atoms with E-state index in [-0.39, 0.29) is 0 Å². The minimum atomic E-state index is -0.960. The molecular weight excluding hydrogens is 260 g/mol. The molecule has 0 heterocycles. The Morgan fingerprint density at radius 2 is 2.33 bits per heavy atom. The number of rotatable bonds is 4. The molecule has 0 amide bonds. The number of methoxy groups -OCH3 is 1. The molecule has 3 nitrogen and oxygen atoms in total. The first-order valence-corrected chi connectivity index (χ1v) is 5.43. The molecule has 1 rings (SSSR count). The van der Waals surface area contributed by atoms with E-state index in [1.54, 1.807) is 13.2 Å². The van der Waals surface area contributed by atoms with Crippen molar-refractivity contribution in [2.24, 2.45) is 0 Å². The second-order valence-corrected chi connectivity index (χ2v) is 3.44. The van der Waals surface area contributed by atoms with Gasteiger partial charge in [-0.2, -0.15) is 0 Å². The number of benzene rings is 1. The molecule has 0 atom stereocenters. The van der Waals surface area contributed by atoms with Crippen LogP contribution in [0.5, 0.6) is 5.75 Å². The van der Waals surface area contributed by atoms with Crippen molar-refractivity contribution in [2.75, 3.05) is 7.11 Å². The van der Waals surface area contributed by atoms with Gasteiger partial charge >= 0.3 is 5.97 Å². The Kier molecular flexibility index (Phi) is 4.37. The predicted octanol–water partition coefficient (Wildman–Crippen LogP) is 2.69. The number of ether oxygens (including phenoxy) is 1. The monoisotopic (exact) mass is 270 g/mol. The first-order valence-electron chi connectivity index (χ1n) is 4.31. The third-order valence-electron chi connectivity index (χ3n) is 1.87. The van der Waals surface area contributed by atoms with Gasteiger partial charge in [0, 0.05) is 17.0 Å². The first kappa shape index (κ1) is 11.8. The third-order valence-corrected chi connectivity index (χ3v) is 2.48. The number of carboxylic acids is 1. The van der Waals surface area contributed by atoms with Crippen LogP contribution in [0.25, 0.3) is 6.08 Å². The highest BCUT2D eigenvalue weighted by Gasteiger charge is 2.01. The molecule has 0 fully saturated rings. The summed E-state index contributed by atoms with van der Waals surface area (Å²) in [5, 5.41) is 9.18. The molecule has 0 aromatic heterocycles. The van der Waals surface area contributed by atoms with Crippen molar-refractivity contribution in [3.8, 4) is 5.75 Å². The maximum Gasteiger partial charge on any atom is 0.328 e. The van der Waals surface area contributed by atoms with E-state index in [1.165, 1.54) is 6.08 Å². The number of carbonyl (C=O) groups is 1. The molecule has 1 aromatic carbocycles. The van der Waals surface area contributed by atoms with E-state index in [2.05, 4.69) is 15.9 Å². The predicted molar refractivity (Wildman–Crippen MR) is 62.3 cm³/mol. The molecule has 4 heteroatoms. The molecule has 0 bridgehead atoms. The molecule has 0 spiro atoms. The topological polar surface area (TPSA) is 46.5 Å². The van der Waals surface area contributed by atoms with E-state index in [4.69, 9.17) is 9.84 Å². The van der Waals surface area contributed by atoms with Gasteiger partial charge in [0.1, 0.15) is 5.75 Å². The first-order chi connectivity index (χ1) is 7.17. The lowest BCUT2D eigenvalue weighted by molar-refractivity contribution is -0.131. The van der Waals surface area contributed by atoms with Crippen LogP contribution in [0.2, 0.25) is 0 Å². The van der Waals surface area contributed by atoms with E-state index < -0.39 is 5.97 Å². The molecule has 1 aromatic rings. The van der Waals surface area contributed by atoms with Gasteiger partial charge in [-0.15, -0.1) is 0 Å². The standard InChI is InChI=1S/C11H11BrO3/c1-15-10-6-8(3-5-11(13)14)2-4-9(10)7-12/h2-6H,7H2,1H3,(H,13,14)/b5-3+. The fraction of sp³-hybridized carbons (Fsp3) is 0.182. The summed E-state index contributed by atoms with van der Waals surface area (Å²) >= 11 is 3.34. The molecule has 0 aliphatic heterocycles. The van der Waals surface area contributed by atoms with Crippen LogP contribution in [0.4, 0.5) is 0 Å². The number of aliphatic carboxylic acids is 1. The largest absolute Gasteiger partial charge is 0.496 e. The van der Waals surface area contributed by atoms with E-state index in [0.29, 0.717) is 5.33 Å². The minimum absolute atomic E-state index is 0.707. The number of halogens is 1. The van der Waals surface area contributed by atoms with Crippen molar-refractivity contribution in [1.82, 2.24) is 0 Å². The van der Waals surface area contributed by atoms with Crippen molar-refractivity contribution in [3.05, 3.63) is 35.4 Å². The van der Waals surface area contributed by atoms with Gasteiger partial charge < -0.3 is 9.84 Å². The highest BCUT2D eigenvalue weighted by Crippen LogP contribution is 2.23. The molecule has 0 unspecified atom stereocenters. The number of carboxylic acid groups (broad SMARTS) is 1. The molecule has 1 N–H and O–H groups in total. The molecule has 0 radical (unpaired) electrons. The molecule has 0 aliphatic carbocycles. The van der Waals surface area contributed by atoms with E-state index >= 15 is 0 Å². The average Bonchev–Trinajstić information content (AvgIpc) is 2.25. The summed E-state index contributed by atoms with van der Waals surface area (Å²) in [6.07, 6.45) is 2.63. The van der Waals surface area contributed by atoms with Crippen LogP contribution in [0, 0.1) is 0 Å². The molecule has 15 heavy (non-hydrogen) atoms. The van der Waals surface area contributed by atoms with E-state index in [9.17, 15) is 4.79 Å². The highest BCUT2D eigenvalue weighted by molar-refractivity contribution is 9.08. The Bertz CT molecular complexity index is 385. The Balaban J connectivity index is 2.97. The van der Waals surface area contributed by atoms with Gasteiger partial charge in [-0.05, 0) is 17.7 Å². The van der Waals surface area contributed by atoms with E-state index in [0.717, 1.165) is 23.0 Å². The van der Waals surface area contributed by atoms with Crippen LogP contribution in [-0.4, -0.2) is 18.2 Å². The fourth-order valence-electron chi connectivity index (χ4n) is 1.14. The van der Waals surface area contributed by atoms with E-state index in [1.807, 2.05) is 12.1 Å². The van der Waals surface area contributed by atoms with Gasteiger partial charge in [0.05, 0.1) is 7.11 Å². The van der Waals surface area contributed by atoms with Crippen LogP contribution >= 0.6 is 15.9 Å². The summed E-state index contributed by atoms with van der Waals surface area (Å²) in [7, 11) is 1.59. The van der Waals surface area contributed by atoms with Crippen LogP contribution in [0.1, 0.15) is 11.1 Å². The van der Waals surface area contributed by atoms with Gasteiger partial charge in [-0.1, -0.05) is 28.1 Å². The lowest BCUT2D eigenvalue weighted by Gasteiger charge is -2.06. The normalized spacial score (nSPS) is 10.5. The zero-order valence-electron chi connectivity index (χ0n) is 8.24. The van der Waals surface area contributed by atoms with Gasteiger partial charge in [0.15, 0.2) is 0 Å². The van der Waals surface area contributed by atoms with Gasteiger partial charge in [-0.3, -0.25) is 0 Å². The number of hydrogen-bond acceptors (Lipinski definition) is 2. The molecule has 0 aliphatic rings. The SMILES string of the molecule is COc1cc(/C=C/C(=O)O)ccc1CBr. The number of hydrogen-bond donors (Lipinski definition) is 1. The highest BCUT2D eigenvalue weighted by atomic mass is 79.9. The second-order valence-electron chi connectivity index (χ2n) is 2.88. The van der Waals surface area contributed by atoms with Crippen LogP contribution in [0.15, 0.2) is 24.3 Å². The van der Waals surface area contributed by atoms with Crippen molar-refractivity contribution >= 4 is 28.0 Å². The second kappa shape index (κ2) is 5.56. The summed E-state index contributed by atoms with van der Waals surface area (Å²) < 4.78 is 5.17. The number of alkyl halides is 1. The zero-order valence-corrected chi connectivity index (χ0v) is 9.82. The average molecular weight is 271 g/mol. The minimum Gasteiger partial charge on any atom is -0.496 e. The fourth-order valence-corrected chi connectivity index (χ4v) is 1.61. The summed E-state index contributed by atoms with van der Waals surface area (Å²) in [5.74, 6) is -0.210. The van der Waals surface area contributed by atoms with Gasteiger partial charge in [0.25, 0.3) is 0 Å².